The molecule has 3 atom stereocenters. The summed E-state index contributed by atoms with van der Waals surface area (Å²) in [4.78, 5) is 26.1. The lowest BCUT2D eigenvalue weighted by Crippen LogP contribution is -2.46. The predicted octanol–water partition coefficient (Wildman–Crippen LogP) is 16.2. The van der Waals surface area contributed by atoms with Crippen molar-refractivity contribution in [2.24, 2.45) is 0 Å². The van der Waals surface area contributed by atoms with Crippen LogP contribution in [0.5, 0.6) is 0 Å². The highest BCUT2D eigenvalue weighted by atomic mass is 16.5. The molecule has 0 radical (unpaired) electrons. The molecule has 0 aliphatic heterocycles. The Morgan fingerprint density at radius 2 is 0.825 bits per heavy atom. The third-order valence-corrected chi connectivity index (χ3v) is 11.8. The summed E-state index contributed by atoms with van der Waals surface area (Å²) in [6.07, 6.45) is 64.0. The van der Waals surface area contributed by atoms with Crippen LogP contribution in [0.3, 0.4) is 0 Å². The number of allylic oxidation sites excluding steroid dienone is 12. The first-order chi connectivity index (χ1) is 31.0. The van der Waals surface area contributed by atoms with E-state index in [0.29, 0.717) is 19.3 Å². The first-order valence-electron chi connectivity index (χ1n) is 26.7. The van der Waals surface area contributed by atoms with Crippen molar-refractivity contribution in [3.8, 4) is 0 Å². The van der Waals surface area contributed by atoms with Crippen LogP contribution in [-0.2, 0) is 14.3 Å². The molecule has 0 aromatic heterocycles. The van der Waals surface area contributed by atoms with Crippen molar-refractivity contribution in [2.45, 2.75) is 270 Å². The van der Waals surface area contributed by atoms with Crippen LogP contribution in [0.1, 0.15) is 252 Å². The van der Waals surface area contributed by atoms with E-state index in [-0.39, 0.29) is 31.3 Å². The molecule has 0 aromatic rings. The Bertz CT molecular complexity index is 1170. The van der Waals surface area contributed by atoms with Crippen LogP contribution in [0.2, 0.25) is 0 Å². The van der Waals surface area contributed by atoms with Crippen LogP contribution >= 0.6 is 0 Å². The van der Waals surface area contributed by atoms with Gasteiger partial charge in [-0.25, -0.2) is 0 Å². The summed E-state index contributed by atoms with van der Waals surface area (Å²) in [5.74, 6) is -0.572. The normalized spacial score (nSPS) is 13.8. The molecule has 0 fully saturated rings. The van der Waals surface area contributed by atoms with Gasteiger partial charge in [0.2, 0.25) is 5.91 Å². The standard InChI is InChI=1S/C57H101NO5/c1-4-7-10-13-16-19-22-24-26-27-28-29-31-33-35-38-41-44-47-50-57(62)63-53(48-45-42-39-36-21-18-15-12-9-6-3)51-56(61)58-54(52-59)55(60)49-46-43-40-37-34-32-30-25-23-20-17-14-11-8-5-2/h7,10,16,19,24,26,28-29,33,35,41,44,53-55,59-60H,4-6,8-9,11-15,17-18,20-23,25,27,30-32,34,36-40,42-43,45-52H2,1-3H3,(H,58,61)/b10-7-,19-16-,26-24-,29-28-,35-33-,44-41-. The molecule has 364 valence electrons. The van der Waals surface area contributed by atoms with E-state index in [1.54, 1.807) is 0 Å². The maximum absolute atomic E-state index is 13.2. The first kappa shape index (κ1) is 60.3. The molecular formula is C57H101NO5. The predicted molar refractivity (Wildman–Crippen MR) is 273 cm³/mol. The Morgan fingerprint density at radius 3 is 1.21 bits per heavy atom. The van der Waals surface area contributed by atoms with Crippen molar-refractivity contribution in [3.63, 3.8) is 0 Å². The molecule has 3 unspecified atom stereocenters. The molecule has 0 spiro atoms. The monoisotopic (exact) mass is 880 g/mol. The van der Waals surface area contributed by atoms with Crippen molar-refractivity contribution in [1.82, 2.24) is 5.32 Å². The second-order valence-corrected chi connectivity index (χ2v) is 17.9. The Hall–Kier alpha value is -2.70. The number of ether oxygens (including phenoxy) is 1. The van der Waals surface area contributed by atoms with Crippen molar-refractivity contribution in [3.05, 3.63) is 72.9 Å². The minimum Gasteiger partial charge on any atom is -0.462 e. The van der Waals surface area contributed by atoms with Gasteiger partial charge in [-0.15, -0.1) is 0 Å². The van der Waals surface area contributed by atoms with Gasteiger partial charge < -0.3 is 20.3 Å². The fraction of sp³-hybridized carbons (Fsp3) is 0.754. The van der Waals surface area contributed by atoms with E-state index in [2.05, 4.69) is 92.9 Å². The lowest BCUT2D eigenvalue weighted by atomic mass is 10.0. The third-order valence-electron chi connectivity index (χ3n) is 11.8. The van der Waals surface area contributed by atoms with Gasteiger partial charge in [0.15, 0.2) is 0 Å². The zero-order valence-corrected chi connectivity index (χ0v) is 41.4. The number of carbonyl (C=O) groups is 2. The number of unbranched alkanes of at least 4 members (excludes halogenated alkanes) is 23. The Balaban J connectivity index is 4.59. The summed E-state index contributed by atoms with van der Waals surface area (Å²) in [7, 11) is 0. The van der Waals surface area contributed by atoms with Gasteiger partial charge in [0, 0.05) is 6.42 Å². The van der Waals surface area contributed by atoms with Gasteiger partial charge in [0.25, 0.3) is 0 Å². The second kappa shape index (κ2) is 50.3. The molecule has 0 heterocycles. The molecule has 0 aliphatic rings. The highest BCUT2D eigenvalue weighted by molar-refractivity contribution is 5.77. The summed E-state index contributed by atoms with van der Waals surface area (Å²) in [6.45, 7) is 6.35. The molecule has 0 bridgehead atoms. The Labute approximate surface area is 390 Å². The summed E-state index contributed by atoms with van der Waals surface area (Å²) < 4.78 is 5.89. The minimum atomic E-state index is -0.801. The zero-order chi connectivity index (χ0) is 45.9. The van der Waals surface area contributed by atoms with Crippen molar-refractivity contribution < 1.29 is 24.5 Å². The molecule has 1 amide bonds. The number of carbonyl (C=O) groups excluding carboxylic acids is 2. The van der Waals surface area contributed by atoms with E-state index in [4.69, 9.17) is 4.74 Å². The maximum atomic E-state index is 13.2. The molecule has 0 aliphatic carbocycles. The number of nitrogens with one attached hydrogen (secondary N) is 1. The molecule has 0 saturated carbocycles. The van der Waals surface area contributed by atoms with Gasteiger partial charge >= 0.3 is 5.97 Å². The van der Waals surface area contributed by atoms with Crippen LogP contribution in [0.15, 0.2) is 72.9 Å². The first-order valence-corrected chi connectivity index (χ1v) is 26.7. The molecule has 6 heteroatoms. The van der Waals surface area contributed by atoms with Crippen LogP contribution in [0.4, 0.5) is 0 Å². The van der Waals surface area contributed by atoms with E-state index < -0.39 is 18.2 Å². The Morgan fingerprint density at radius 1 is 0.476 bits per heavy atom. The molecule has 0 saturated heterocycles. The number of hydrogen-bond acceptors (Lipinski definition) is 5. The fourth-order valence-electron chi connectivity index (χ4n) is 7.81. The van der Waals surface area contributed by atoms with Crippen LogP contribution in [0, 0.1) is 0 Å². The number of hydrogen-bond donors (Lipinski definition) is 3. The van der Waals surface area contributed by atoms with Gasteiger partial charge in [-0.3, -0.25) is 9.59 Å². The second-order valence-electron chi connectivity index (χ2n) is 17.9. The number of aliphatic hydroxyl groups is 2. The van der Waals surface area contributed by atoms with Crippen molar-refractivity contribution in [2.75, 3.05) is 6.61 Å². The number of rotatable bonds is 47. The maximum Gasteiger partial charge on any atom is 0.306 e. The molecular weight excluding hydrogens is 779 g/mol. The molecule has 0 rings (SSSR count). The summed E-state index contributed by atoms with van der Waals surface area (Å²) in [5, 5.41) is 23.8. The smallest absolute Gasteiger partial charge is 0.306 e. The molecule has 3 N–H and O–H groups in total. The highest BCUT2D eigenvalue weighted by Crippen LogP contribution is 2.18. The number of amides is 1. The summed E-state index contributed by atoms with van der Waals surface area (Å²) in [5.41, 5.74) is 0. The van der Waals surface area contributed by atoms with Gasteiger partial charge in [-0.2, -0.15) is 0 Å². The summed E-state index contributed by atoms with van der Waals surface area (Å²) in [6, 6.07) is -0.717. The molecule has 63 heavy (non-hydrogen) atoms. The lowest BCUT2D eigenvalue weighted by molar-refractivity contribution is -0.150. The Kier molecular flexibility index (Phi) is 48.1. The molecule has 6 nitrogen and oxygen atoms in total. The van der Waals surface area contributed by atoms with E-state index in [1.165, 1.54) is 122 Å². The lowest BCUT2D eigenvalue weighted by Gasteiger charge is -2.24. The number of esters is 1. The third kappa shape index (κ3) is 45.7. The van der Waals surface area contributed by atoms with Crippen molar-refractivity contribution in [1.29, 1.82) is 0 Å². The van der Waals surface area contributed by atoms with Crippen molar-refractivity contribution >= 4 is 11.9 Å². The SMILES string of the molecule is CC/C=C\C/C=C\C/C=C\C/C=C\C/C=C\C/C=C\CCC(=O)OC(CCCCCCCCCCCC)CC(=O)NC(CO)C(O)CCCCCCCCCCCCCCCCC. The van der Waals surface area contributed by atoms with Gasteiger partial charge in [-0.1, -0.05) is 248 Å². The van der Waals surface area contributed by atoms with Crippen LogP contribution in [0.25, 0.3) is 0 Å². The highest BCUT2D eigenvalue weighted by Gasteiger charge is 2.24. The van der Waals surface area contributed by atoms with Crippen LogP contribution in [-0.4, -0.2) is 46.9 Å². The largest absolute Gasteiger partial charge is 0.462 e. The van der Waals surface area contributed by atoms with E-state index in [9.17, 15) is 19.8 Å². The number of aliphatic hydroxyl groups excluding tert-OH is 2. The zero-order valence-electron chi connectivity index (χ0n) is 41.4. The average Bonchev–Trinajstić information content (AvgIpc) is 3.28. The van der Waals surface area contributed by atoms with E-state index >= 15 is 0 Å². The average molecular weight is 880 g/mol. The van der Waals surface area contributed by atoms with Gasteiger partial charge in [0.1, 0.15) is 6.10 Å². The van der Waals surface area contributed by atoms with Gasteiger partial charge in [-0.05, 0) is 64.2 Å². The van der Waals surface area contributed by atoms with E-state index in [1.807, 2.05) is 6.08 Å². The summed E-state index contributed by atoms with van der Waals surface area (Å²) >= 11 is 0. The fourth-order valence-corrected chi connectivity index (χ4v) is 7.81. The minimum absolute atomic E-state index is 0.0469. The molecule has 0 aromatic carbocycles. The van der Waals surface area contributed by atoms with Gasteiger partial charge in [0.05, 0.1) is 25.2 Å². The topological polar surface area (TPSA) is 95.9 Å². The quantitative estimate of drug-likeness (QED) is 0.0321. The van der Waals surface area contributed by atoms with Crippen LogP contribution < -0.4 is 5.32 Å². The van der Waals surface area contributed by atoms with E-state index in [0.717, 1.165) is 77.0 Å².